The molecule has 1 aliphatic rings. The van der Waals surface area contributed by atoms with Crippen molar-refractivity contribution in [3.8, 4) is 0 Å². The summed E-state index contributed by atoms with van der Waals surface area (Å²) < 4.78 is 0. The molecule has 1 rings (SSSR count). The van der Waals surface area contributed by atoms with Crippen LogP contribution >= 0.6 is 0 Å². The summed E-state index contributed by atoms with van der Waals surface area (Å²) in [6, 6.07) is 0. The Morgan fingerprint density at radius 3 is 2.43 bits per heavy atom. The predicted octanol–water partition coefficient (Wildman–Crippen LogP) is 2.60. The second kappa shape index (κ2) is 5.18. The summed E-state index contributed by atoms with van der Waals surface area (Å²) in [5.41, 5.74) is 0.666. The molecule has 1 saturated heterocycles. The Kier molecular flexibility index (Phi) is 4.18. The molecule has 80 valence electrons. The van der Waals surface area contributed by atoms with Gasteiger partial charge >= 0.3 is 0 Å². The van der Waals surface area contributed by atoms with Crippen LogP contribution in [0.2, 0.25) is 0 Å². The SMILES string of the molecule is C=C(C)C(=O)N1CCC(CCC)CC1. The van der Waals surface area contributed by atoms with Crippen LogP contribution in [0, 0.1) is 5.92 Å². The van der Waals surface area contributed by atoms with Gasteiger partial charge in [-0.25, -0.2) is 0 Å². The first-order valence-corrected chi connectivity index (χ1v) is 5.60. The van der Waals surface area contributed by atoms with E-state index in [4.69, 9.17) is 0 Å². The highest BCUT2D eigenvalue weighted by Crippen LogP contribution is 2.22. The van der Waals surface area contributed by atoms with Gasteiger partial charge in [0.2, 0.25) is 5.91 Å². The van der Waals surface area contributed by atoms with E-state index in [1.807, 2.05) is 4.90 Å². The van der Waals surface area contributed by atoms with Crippen molar-refractivity contribution in [2.45, 2.75) is 39.5 Å². The van der Waals surface area contributed by atoms with E-state index in [9.17, 15) is 4.79 Å². The Morgan fingerprint density at radius 1 is 1.43 bits per heavy atom. The molecule has 0 unspecified atom stereocenters. The quantitative estimate of drug-likeness (QED) is 0.634. The number of rotatable bonds is 3. The summed E-state index contributed by atoms with van der Waals surface area (Å²) in [6.45, 7) is 9.57. The number of hydrogen-bond acceptors (Lipinski definition) is 1. The van der Waals surface area contributed by atoms with E-state index < -0.39 is 0 Å². The minimum atomic E-state index is 0.139. The summed E-state index contributed by atoms with van der Waals surface area (Å²) >= 11 is 0. The molecule has 0 aromatic heterocycles. The van der Waals surface area contributed by atoms with Crippen molar-refractivity contribution in [1.82, 2.24) is 4.90 Å². The van der Waals surface area contributed by atoms with Crippen LogP contribution in [-0.2, 0) is 4.79 Å². The summed E-state index contributed by atoms with van der Waals surface area (Å²) in [6.07, 6.45) is 4.92. The van der Waals surface area contributed by atoms with E-state index in [-0.39, 0.29) is 5.91 Å². The second-order valence-electron chi connectivity index (χ2n) is 4.30. The fourth-order valence-corrected chi connectivity index (χ4v) is 2.10. The smallest absolute Gasteiger partial charge is 0.248 e. The first kappa shape index (κ1) is 11.3. The fourth-order valence-electron chi connectivity index (χ4n) is 2.10. The van der Waals surface area contributed by atoms with Crippen LogP contribution < -0.4 is 0 Å². The zero-order valence-corrected chi connectivity index (χ0v) is 9.38. The first-order valence-electron chi connectivity index (χ1n) is 5.60. The average molecular weight is 195 g/mol. The van der Waals surface area contributed by atoms with Crippen LogP contribution in [0.25, 0.3) is 0 Å². The van der Waals surface area contributed by atoms with Crippen LogP contribution in [0.3, 0.4) is 0 Å². The molecular formula is C12H21NO. The number of carbonyl (C=O) groups is 1. The highest BCUT2D eigenvalue weighted by molar-refractivity contribution is 5.92. The van der Waals surface area contributed by atoms with E-state index >= 15 is 0 Å². The van der Waals surface area contributed by atoms with Crippen LogP contribution in [0.15, 0.2) is 12.2 Å². The molecule has 0 radical (unpaired) electrons. The maximum atomic E-state index is 11.6. The van der Waals surface area contributed by atoms with Gasteiger partial charge in [0.05, 0.1) is 0 Å². The van der Waals surface area contributed by atoms with Crippen molar-refractivity contribution < 1.29 is 4.79 Å². The topological polar surface area (TPSA) is 20.3 Å². The van der Waals surface area contributed by atoms with E-state index in [0.29, 0.717) is 5.57 Å². The lowest BCUT2D eigenvalue weighted by Gasteiger charge is -2.32. The molecule has 0 aliphatic carbocycles. The summed E-state index contributed by atoms with van der Waals surface area (Å²) in [5, 5.41) is 0. The maximum Gasteiger partial charge on any atom is 0.248 e. The molecule has 0 spiro atoms. The number of amides is 1. The third-order valence-corrected chi connectivity index (χ3v) is 2.96. The standard InChI is InChI=1S/C12H21NO/c1-4-5-11-6-8-13(9-7-11)12(14)10(2)3/h11H,2,4-9H2,1,3H3. The van der Waals surface area contributed by atoms with E-state index in [1.165, 1.54) is 25.7 Å². The zero-order valence-electron chi connectivity index (χ0n) is 9.38. The van der Waals surface area contributed by atoms with Crippen LogP contribution in [0.1, 0.15) is 39.5 Å². The Labute approximate surface area is 87.0 Å². The van der Waals surface area contributed by atoms with Gasteiger partial charge in [-0.15, -0.1) is 0 Å². The van der Waals surface area contributed by atoms with Crippen molar-refractivity contribution in [3.05, 3.63) is 12.2 Å². The molecule has 1 fully saturated rings. The molecule has 14 heavy (non-hydrogen) atoms. The van der Waals surface area contributed by atoms with Crippen molar-refractivity contribution >= 4 is 5.91 Å². The number of piperidine rings is 1. The van der Waals surface area contributed by atoms with Gasteiger partial charge in [0.1, 0.15) is 0 Å². The van der Waals surface area contributed by atoms with Gasteiger partial charge in [0.15, 0.2) is 0 Å². The number of likely N-dealkylation sites (tertiary alicyclic amines) is 1. The number of hydrogen-bond donors (Lipinski definition) is 0. The molecule has 0 aromatic rings. The second-order valence-corrected chi connectivity index (χ2v) is 4.30. The minimum absolute atomic E-state index is 0.139. The molecule has 2 heteroatoms. The molecule has 0 saturated carbocycles. The Bertz CT molecular complexity index is 214. The maximum absolute atomic E-state index is 11.6. The third kappa shape index (κ3) is 2.86. The van der Waals surface area contributed by atoms with Gasteiger partial charge < -0.3 is 4.90 Å². The first-order chi connectivity index (χ1) is 6.65. The molecular weight excluding hydrogens is 174 g/mol. The lowest BCUT2D eigenvalue weighted by atomic mass is 9.92. The van der Waals surface area contributed by atoms with Crippen molar-refractivity contribution in [2.75, 3.05) is 13.1 Å². The fraction of sp³-hybridized carbons (Fsp3) is 0.750. The van der Waals surface area contributed by atoms with Crippen molar-refractivity contribution in [2.24, 2.45) is 5.92 Å². The average Bonchev–Trinajstić information content (AvgIpc) is 2.18. The third-order valence-electron chi connectivity index (χ3n) is 2.96. The highest BCUT2D eigenvalue weighted by Gasteiger charge is 2.21. The largest absolute Gasteiger partial charge is 0.339 e. The lowest BCUT2D eigenvalue weighted by molar-refractivity contribution is -0.128. The Morgan fingerprint density at radius 2 is 2.00 bits per heavy atom. The van der Waals surface area contributed by atoms with E-state index in [2.05, 4.69) is 13.5 Å². The van der Waals surface area contributed by atoms with Crippen LogP contribution in [0.4, 0.5) is 0 Å². The molecule has 1 heterocycles. The van der Waals surface area contributed by atoms with E-state index in [1.54, 1.807) is 6.92 Å². The van der Waals surface area contributed by atoms with Gasteiger partial charge in [-0.2, -0.15) is 0 Å². The van der Waals surface area contributed by atoms with Gasteiger partial charge in [-0.1, -0.05) is 26.3 Å². The Hall–Kier alpha value is -0.790. The molecule has 0 N–H and O–H groups in total. The molecule has 2 nitrogen and oxygen atoms in total. The van der Waals surface area contributed by atoms with Crippen molar-refractivity contribution in [3.63, 3.8) is 0 Å². The molecule has 0 bridgehead atoms. The summed E-state index contributed by atoms with van der Waals surface area (Å²) in [4.78, 5) is 13.5. The Balaban J connectivity index is 2.35. The lowest BCUT2D eigenvalue weighted by Crippen LogP contribution is -2.38. The monoisotopic (exact) mass is 195 g/mol. The minimum Gasteiger partial charge on any atom is -0.339 e. The van der Waals surface area contributed by atoms with Gasteiger partial charge in [-0.3, -0.25) is 4.79 Å². The van der Waals surface area contributed by atoms with Crippen LogP contribution in [0.5, 0.6) is 0 Å². The highest BCUT2D eigenvalue weighted by atomic mass is 16.2. The molecule has 1 amide bonds. The van der Waals surface area contributed by atoms with Gasteiger partial charge in [0.25, 0.3) is 0 Å². The summed E-state index contributed by atoms with van der Waals surface area (Å²) in [5.74, 6) is 0.981. The number of carbonyl (C=O) groups excluding carboxylic acids is 1. The number of nitrogens with zero attached hydrogens (tertiary/aromatic N) is 1. The van der Waals surface area contributed by atoms with Gasteiger partial charge in [-0.05, 0) is 25.7 Å². The zero-order chi connectivity index (χ0) is 10.6. The van der Waals surface area contributed by atoms with E-state index in [0.717, 1.165) is 19.0 Å². The molecule has 1 aliphatic heterocycles. The van der Waals surface area contributed by atoms with Gasteiger partial charge in [0, 0.05) is 18.7 Å². The molecule has 0 atom stereocenters. The predicted molar refractivity (Wildman–Crippen MR) is 59.0 cm³/mol. The molecule has 0 aromatic carbocycles. The van der Waals surface area contributed by atoms with Crippen LogP contribution in [-0.4, -0.2) is 23.9 Å². The normalized spacial score (nSPS) is 18.3. The summed E-state index contributed by atoms with van der Waals surface area (Å²) in [7, 11) is 0. The van der Waals surface area contributed by atoms with Crippen molar-refractivity contribution in [1.29, 1.82) is 0 Å².